The minimum Gasteiger partial charge on any atom is -0.347 e. The van der Waals surface area contributed by atoms with E-state index in [9.17, 15) is 9.59 Å². The average molecular weight is 268 g/mol. The van der Waals surface area contributed by atoms with Gasteiger partial charge < -0.3 is 15.5 Å². The monoisotopic (exact) mass is 268 g/mol. The van der Waals surface area contributed by atoms with Crippen molar-refractivity contribution in [1.29, 1.82) is 0 Å². The Balaban J connectivity index is 1.71. The van der Waals surface area contributed by atoms with E-state index in [-0.39, 0.29) is 0 Å². The predicted molar refractivity (Wildman–Crippen MR) is 68.3 cm³/mol. The van der Waals surface area contributed by atoms with E-state index in [4.69, 9.17) is 0 Å². The molecular formula is C11H16N4O2S. The molecular weight excluding hydrogens is 252 g/mol. The first-order valence-corrected chi connectivity index (χ1v) is 6.81. The molecule has 98 valence electrons. The van der Waals surface area contributed by atoms with Gasteiger partial charge in [-0.2, -0.15) is 0 Å². The minimum absolute atomic E-state index is 0.435. The number of piperazine rings is 1. The standard InChI is InChI=1S/C11H16N4O2S/c16-10(11(17)15-6-3-12-4-7-15)14-2-1-9-13-5-8-18-9/h5,8,12H,1-4,6-7H2,(H,14,16). The van der Waals surface area contributed by atoms with Crippen molar-refractivity contribution in [2.24, 2.45) is 0 Å². The number of nitrogens with zero attached hydrogens (tertiary/aromatic N) is 2. The number of carbonyl (C=O) groups excluding carboxylic acids is 2. The van der Waals surface area contributed by atoms with E-state index in [1.54, 1.807) is 22.4 Å². The highest BCUT2D eigenvalue weighted by atomic mass is 32.1. The van der Waals surface area contributed by atoms with Crippen LogP contribution in [0.3, 0.4) is 0 Å². The number of carbonyl (C=O) groups is 2. The van der Waals surface area contributed by atoms with E-state index in [1.807, 2.05) is 5.38 Å². The molecule has 0 aromatic carbocycles. The zero-order valence-electron chi connectivity index (χ0n) is 10.0. The Kier molecular flexibility index (Phi) is 4.66. The van der Waals surface area contributed by atoms with Gasteiger partial charge in [0.2, 0.25) is 0 Å². The third kappa shape index (κ3) is 3.51. The molecule has 7 heteroatoms. The van der Waals surface area contributed by atoms with Crippen molar-refractivity contribution >= 4 is 23.2 Å². The lowest BCUT2D eigenvalue weighted by Gasteiger charge is -2.26. The molecule has 18 heavy (non-hydrogen) atoms. The van der Waals surface area contributed by atoms with Crippen LogP contribution in [0.1, 0.15) is 5.01 Å². The topological polar surface area (TPSA) is 74.3 Å². The molecule has 2 amide bonds. The highest BCUT2D eigenvalue weighted by Gasteiger charge is 2.22. The summed E-state index contributed by atoms with van der Waals surface area (Å²) in [6, 6.07) is 0. The number of hydrogen-bond donors (Lipinski definition) is 2. The van der Waals surface area contributed by atoms with Crippen molar-refractivity contribution in [3.63, 3.8) is 0 Å². The number of amides is 2. The second-order valence-electron chi connectivity index (χ2n) is 3.97. The lowest BCUT2D eigenvalue weighted by Crippen LogP contribution is -2.51. The Morgan fingerprint density at radius 2 is 2.22 bits per heavy atom. The fourth-order valence-electron chi connectivity index (χ4n) is 1.75. The molecule has 0 aliphatic carbocycles. The van der Waals surface area contributed by atoms with Gasteiger partial charge in [-0.25, -0.2) is 4.98 Å². The summed E-state index contributed by atoms with van der Waals surface area (Å²) in [6.07, 6.45) is 2.39. The van der Waals surface area contributed by atoms with Crippen molar-refractivity contribution in [3.05, 3.63) is 16.6 Å². The summed E-state index contributed by atoms with van der Waals surface area (Å²) >= 11 is 1.55. The molecule has 2 N–H and O–H groups in total. The highest BCUT2D eigenvalue weighted by molar-refractivity contribution is 7.09. The molecule has 1 fully saturated rings. The van der Waals surface area contributed by atoms with Crippen LogP contribution in [0.2, 0.25) is 0 Å². The van der Waals surface area contributed by atoms with Gasteiger partial charge in [0, 0.05) is 50.7 Å². The molecule has 1 aliphatic heterocycles. The fraction of sp³-hybridized carbons (Fsp3) is 0.545. The largest absolute Gasteiger partial charge is 0.347 e. The minimum atomic E-state index is -0.520. The Labute approximate surface area is 109 Å². The number of hydrogen-bond acceptors (Lipinski definition) is 5. The van der Waals surface area contributed by atoms with Crippen LogP contribution in [-0.2, 0) is 16.0 Å². The van der Waals surface area contributed by atoms with Crippen LogP contribution in [0, 0.1) is 0 Å². The first kappa shape index (κ1) is 13.0. The summed E-state index contributed by atoms with van der Waals surface area (Å²) in [5, 5.41) is 8.63. The summed E-state index contributed by atoms with van der Waals surface area (Å²) in [4.78, 5) is 29.1. The summed E-state index contributed by atoms with van der Waals surface area (Å²) in [5.41, 5.74) is 0. The Morgan fingerprint density at radius 3 is 2.89 bits per heavy atom. The van der Waals surface area contributed by atoms with E-state index in [2.05, 4.69) is 15.6 Å². The van der Waals surface area contributed by atoms with E-state index in [1.165, 1.54) is 0 Å². The van der Waals surface area contributed by atoms with Crippen molar-refractivity contribution in [3.8, 4) is 0 Å². The van der Waals surface area contributed by atoms with Gasteiger partial charge in [-0.3, -0.25) is 9.59 Å². The lowest BCUT2D eigenvalue weighted by atomic mass is 10.3. The van der Waals surface area contributed by atoms with Gasteiger partial charge in [-0.15, -0.1) is 11.3 Å². The predicted octanol–water partition coefficient (Wildman–Crippen LogP) is -0.766. The third-order valence-corrected chi connectivity index (χ3v) is 3.55. The summed E-state index contributed by atoms with van der Waals surface area (Å²) in [6.45, 7) is 3.14. The molecule has 1 saturated heterocycles. The van der Waals surface area contributed by atoms with Crippen molar-refractivity contribution < 1.29 is 9.59 Å². The smallest absolute Gasteiger partial charge is 0.311 e. The summed E-state index contributed by atoms with van der Waals surface area (Å²) in [7, 11) is 0. The van der Waals surface area contributed by atoms with Crippen LogP contribution in [0.25, 0.3) is 0 Å². The molecule has 1 aromatic heterocycles. The van der Waals surface area contributed by atoms with Gasteiger partial charge in [0.05, 0.1) is 5.01 Å². The molecule has 0 bridgehead atoms. The zero-order valence-corrected chi connectivity index (χ0v) is 10.8. The molecule has 0 unspecified atom stereocenters. The highest BCUT2D eigenvalue weighted by Crippen LogP contribution is 2.03. The molecule has 0 saturated carbocycles. The Bertz CT molecular complexity index is 401. The van der Waals surface area contributed by atoms with Crippen LogP contribution in [0.15, 0.2) is 11.6 Å². The average Bonchev–Trinajstić information content (AvgIpc) is 2.92. The third-order valence-electron chi connectivity index (χ3n) is 2.71. The molecule has 6 nitrogen and oxygen atoms in total. The lowest BCUT2D eigenvalue weighted by molar-refractivity contribution is -0.146. The van der Waals surface area contributed by atoms with Gasteiger partial charge in [-0.05, 0) is 0 Å². The van der Waals surface area contributed by atoms with E-state index in [0.717, 1.165) is 18.1 Å². The van der Waals surface area contributed by atoms with Gasteiger partial charge in [0.25, 0.3) is 0 Å². The quantitative estimate of drug-likeness (QED) is 0.706. The molecule has 0 radical (unpaired) electrons. The van der Waals surface area contributed by atoms with Gasteiger partial charge >= 0.3 is 11.8 Å². The van der Waals surface area contributed by atoms with Crippen LogP contribution in [0.4, 0.5) is 0 Å². The number of nitrogens with one attached hydrogen (secondary N) is 2. The van der Waals surface area contributed by atoms with Crippen LogP contribution >= 0.6 is 11.3 Å². The van der Waals surface area contributed by atoms with Crippen molar-refractivity contribution in [1.82, 2.24) is 20.5 Å². The number of aromatic nitrogens is 1. The van der Waals surface area contributed by atoms with Crippen LogP contribution in [0.5, 0.6) is 0 Å². The SMILES string of the molecule is O=C(NCCc1nccs1)C(=O)N1CCNCC1. The summed E-state index contributed by atoms with van der Waals surface area (Å²) < 4.78 is 0. The van der Waals surface area contributed by atoms with Gasteiger partial charge in [0.1, 0.15) is 0 Å². The van der Waals surface area contributed by atoms with Crippen molar-refractivity contribution in [2.45, 2.75) is 6.42 Å². The van der Waals surface area contributed by atoms with Crippen LogP contribution in [-0.4, -0.2) is 54.4 Å². The Morgan fingerprint density at radius 1 is 1.44 bits per heavy atom. The maximum Gasteiger partial charge on any atom is 0.311 e. The second-order valence-corrected chi connectivity index (χ2v) is 4.95. The summed E-state index contributed by atoms with van der Waals surface area (Å²) in [5.74, 6) is -0.955. The number of thiazole rings is 1. The van der Waals surface area contributed by atoms with Gasteiger partial charge in [-0.1, -0.05) is 0 Å². The fourth-order valence-corrected chi connectivity index (χ4v) is 2.37. The molecule has 1 aromatic rings. The molecule has 2 heterocycles. The maximum absolute atomic E-state index is 11.8. The van der Waals surface area contributed by atoms with E-state index in [0.29, 0.717) is 26.1 Å². The maximum atomic E-state index is 11.8. The molecule has 0 atom stereocenters. The molecule has 2 rings (SSSR count). The molecule has 0 spiro atoms. The molecule has 1 aliphatic rings. The number of rotatable bonds is 3. The second kappa shape index (κ2) is 6.46. The van der Waals surface area contributed by atoms with Gasteiger partial charge in [0.15, 0.2) is 0 Å². The first-order valence-electron chi connectivity index (χ1n) is 5.93. The van der Waals surface area contributed by atoms with Crippen LogP contribution < -0.4 is 10.6 Å². The van der Waals surface area contributed by atoms with E-state index >= 15 is 0 Å². The normalized spacial score (nSPS) is 15.4. The Hall–Kier alpha value is -1.47. The van der Waals surface area contributed by atoms with Crippen molar-refractivity contribution in [2.75, 3.05) is 32.7 Å². The van der Waals surface area contributed by atoms with E-state index < -0.39 is 11.8 Å². The zero-order chi connectivity index (χ0) is 12.8. The first-order chi connectivity index (χ1) is 8.77.